The summed E-state index contributed by atoms with van der Waals surface area (Å²) < 4.78 is 24.9. The first-order valence-electron chi connectivity index (χ1n) is 6.55. The Hall–Kier alpha value is -0.690. The summed E-state index contributed by atoms with van der Waals surface area (Å²) in [5, 5.41) is 2.57. The van der Waals surface area contributed by atoms with E-state index < -0.39 is 19.8 Å². The van der Waals surface area contributed by atoms with Gasteiger partial charge in [-0.3, -0.25) is 4.79 Å². The van der Waals surface area contributed by atoms with Crippen LogP contribution in [0.15, 0.2) is 0 Å². The Morgan fingerprint density at radius 3 is 2.57 bits per heavy atom. The number of rotatable bonds is 10. The van der Waals surface area contributed by atoms with E-state index in [0.717, 1.165) is 11.8 Å². The van der Waals surface area contributed by atoms with Crippen LogP contribution in [0.1, 0.15) is 27.2 Å². The Morgan fingerprint density at radius 1 is 1.33 bits per heavy atom. The fraction of sp³-hybridized carbons (Fsp3) is 0.833. The fourth-order valence-electron chi connectivity index (χ4n) is 1.26. The van der Waals surface area contributed by atoms with Crippen molar-refractivity contribution in [2.75, 3.05) is 32.6 Å². The highest BCUT2D eigenvalue weighted by molar-refractivity contribution is 8.13. The number of carbonyl (C=O) groups is 2. The Morgan fingerprint density at radius 2 is 2.00 bits per heavy atom. The van der Waals surface area contributed by atoms with Gasteiger partial charge in [0.15, 0.2) is 5.12 Å². The summed E-state index contributed by atoms with van der Waals surface area (Å²) in [6.45, 7) is 6.20. The minimum atomic E-state index is -2.09. The van der Waals surface area contributed by atoms with Gasteiger partial charge in [0, 0.05) is 22.3 Å². The van der Waals surface area contributed by atoms with Crippen molar-refractivity contribution in [1.29, 1.82) is 0 Å². The van der Waals surface area contributed by atoms with E-state index in [9.17, 15) is 14.2 Å². The minimum Gasteiger partial charge on any atom is -0.450 e. The molecule has 122 valence electrons. The zero-order valence-electron chi connectivity index (χ0n) is 12.8. The second-order valence-electron chi connectivity index (χ2n) is 4.66. The van der Waals surface area contributed by atoms with Gasteiger partial charge in [0.25, 0.3) is 0 Å². The summed E-state index contributed by atoms with van der Waals surface area (Å²) in [5.74, 6) is 0.401. The van der Waals surface area contributed by atoms with Crippen LogP contribution >= 0.6 is 20.0 Å². The number of hydrogen-bond donors (Lipinski definition) is 1. The molecule has 0 aliphatic carbocycles. The van der Waals surface area contributed by atoms with Crippen molar-refractivity contribution in [3.63, 3.8) is 0 Å². The third-order valence-electron chi connectivity index (χ3n) is 2.51. The van der Waals surface area contributed by atoms with Gasteiger partial charge in [-0.1, -0.05) is 25.6 Å². The van der Waals surface area contributed by atoms with Gasteiger partial charge in [-0.05, 0) is 13.3 Å². The summed E-state index contributed by atoms with van der Waals surface area (Å²) in [7, 11) is -0.805. The maximum Gasteiger partial charge on any atom is 0.697 e. The molecule has 0 rings (SSSR count). The van der Waals surface area contributed by atoms with Crippen LogP contribution in [-0.4, -0.2) is 43.8 Å². The summed E-state index contributed by atoms with van der Waals surface area (Å²) in [4.78, 5) is 23.2. The van der Waals surface area contributed by atoms with E-state index >= 15 is 0 Å². The van der Waals surface area contributed by atoms with Crippen LogP contribution in [0.4, 0.5) is 4.79 Å². The minimum absolute atomic E-state index is 0.00981. The quantitative estimate of drug-likeness (QED) is 0.483. The molecule has 9 heteroatoms. The molecule has 0 aromatic carbocycles. The lowest BCUT2D eigenvalue weighted by molar-refractivity contribution is -0.118. The monoisotopic (exact) mass is 340 g/mol. The van der Waals surface area contributed by atoms with Gasteiger partial charge < -0.3 is 10.1 Å². The molecule has 1 amide bonds. The van der Waals surface area contributed by atoms with Crippen molar-refractivity contribution < 1.29 is 27.9 Å². The molecule has 0 saturated heterocycles. The van der Waals surface area contributed by atoms with Crippen molar-refractivity contribution in [2.24, 2.45) is 5.41 Å². The Labute approximate surface area is 130 Å². The molecule has 0 radical (unpaired) electrons. The lowest BCUT2D eigenvalue weighted by Gasteiger charge is -2.22. The molecule has 0 spiro atoms. The molecule has 0 aliphatic rings. The third-order valence-corrected chi connectivity index (χ3v) is 4.39. The van der Waals surface area contributed by atoms with Gasteiger partial charge in [0.2, 0.25) is 0 Å². The maximum absolute atomic E-state index is 12.0. The van der Waals surface area contributed by atoms with Crippen LogP contribution in [0, 0.1) is 5.41 Å². The molecule has 0 saturated carbocycles. The predicted molar refractivity (Wildman–Crippen MR) is 81.5 cm³/mol. The molecule has 21 heavy (non-hydrogen) atoms. The van der Waals surface area contributed by atoms with E-state index in [-0.39, 0.29) is 11.7 Å². The van der Waals surface area contributed by atoms with Gasteiger partial charge in [-0.25, -0.2) is 4.79 Å². The lowest BCUT2D eigenvalue weighted by atomic mass is 9.91. The first-order chi connectivity index (χ1) is 9.83. The van der Waals surface area contributed by atoms with E-state index in [1.54, 1.807) is 6.92 Å². The first kappa shape index (κ1) is 20.3. The molecule has 0 aliphatic heterocycles. The summed E-state index contributed by atoms with van der Waals surface area (Å²) >= 11 is 1.11. The summed E-state index contributed by atoms with van der Waals surface area (Å²) in [5.41, 5.74) is -0.576. The Bertz CT molecular complexity index is 364. The molecule has 0 fully saturated rings. The molecule has 0 aromatic rings. The lowest BCUT2D eigenvalue weighted by Crippen LogP contribution is -2.31. The van der Waals surface area contributed by atoms with E-state index in [0.29, 0.717) is 25.3 Å². The number of thioether (sulfide) groups is 1. The predicted octanol–water partition coefficient (Wildman–Crippen LogP) is 2.73. The number of ether oxygens (including phenoxy) is 1. The molecular weight excluding hydrogens is 317 g/mol. The SMILES string of the molecule is CCOC(=O)NCCC(C)(C)C(=O)SCCO[P+](=O)OC. The second-order valence-corrected chi connectivity index (χ2v) is 6.79. The van der Waals surface area contributed by atoms with Gasteiger partial charge in [0.05, 0.1) is 13.7 Å². The Balaban J connectivity index is 3.93. The average Bonchev–Trinajstić information content (AvgIpc) is 2.42. The van der Waals surface area contributed by atoms with E-state index in [1.807, 2.05) is 13.8 Å². The van der Waals surface area contributed by atoms with E-state index in [1.165, 1.54) is 7.11 Å². The van der Waals surface area contributed by atoms with Crippen LogP contribution < -0.4 is 5.32 Å². The topological polar surface area (TPSA) is 90.9 Å². The number of alkyl carbamates (subject to hydrolysis) is 1. The highest BCUT2D eigenvalue weighted by Gasteiger charge is 2.28. The molecule has 0 aromatic heterocycles. The first-order valence-corrected chi connectivity index (χ1v) is 8.63. The van der Waals surface area contributed by atoms with Gasteiger partial charge in [-0.2, -0.15) is 0 Å². The average molecular weight is 340 g/mol. The van der Waals surface area contributed by atoms with Gasteiger partial charge in [0.1, 0.15) is 6.61 Å². The molecule has 0 heterocycles. The smallest absolute Gasteiger partial charge is 0.450 e. The number of nitrogens with one attached hydrogen (secondary N) is 1. The summed E-state index contributed by atoms with van der Waals surface area (Å²) in [6, 6.07) is 0. The number of hydrogen-bond acceptors (Lipinski definition) is 7. The van der Waals surface area contributed by atoms with Crippen LogP contribution in [0.3, 0.4) is 0 Å². The molecule has 7 nitrogen and oxygen atoms in total. The van der Waals surface area contributed by atoms with Crippen molar-refractivity contribution in [2.45, 2.75) is 27.2 Å². The highest BCUT2D eigenvalue weighted by atomic mass is 32.2. The molecule has 1 unspecified atom stereocenters. The van der Waals surface area contributed by atoms with Crippen molar-refractivity contribution in [3.05, 3.63) is 0 Å². The van der Waals surface area contributed by atoms with Crippen molar-refractivity contribution in [3.8, 4) is 0 Å². The number of carbonyl (C=O) groups excluding carboxylic acids is 2. The molecule has 1 N–H and O–H groups in total. The standard InChI is InChI=1S/C12H22NO6PS/c1-5-18-11(15)13-7-6-12(2,3)10(14)21-9-8-19-20(16)17-4/h5-9H2,1-4H3/p+1. The molecule has 1 atom stereocenters. The van der Waals surface area contributed by atoms with Crippen molar-refractivity contribution in [1.82, 2.24) is 5.32 Å². The molecular formula is C12H23NO6PS+. The maximum atomic E-state index is 12.0. The van der Waals surface area contributed by atoms with Gasteiger partial charge in [-0.15, -0.1) is 9.05 Å². The zero-order valence-corrected chi connectivity index (χ0v) is 14.6. The van der Waals surface area contributed by atoms with Crippen LogP contribution in [0.25, 0.3) is 0 Å². The van der Waals surface area contributed by atoms with Crippen molar-refractivity contribution >= 4 is 31.2 Å². The third kappa shape index (κ3) is 9.79. The zero-order chi connectivity index (χ0) is 16.3. The largest absolute Gasteiger partial charge is 0.697 e. The second kappa shape index (κ2) is 11.0. The normalized spacial score (nSPS) is 11.9. The van der Waals surface area contributed by atoms with E-state index in [4.69, 9.17) is 9.26 Å². The van der Waals surface area contributed by atoms with Gasteiger partial charge >= 0.3 is 14.3 Å². The van der Waals surface area contributed by atoms with E-state index in [2.05, 4.69) is 9.84 Å². The Kier molecular flexibility index (Phi) is 10.6. The molecule has 0 bridgehead atoms. The number of amides is 1. The highest BCUT2D eigenvalue weighted by Crippen LogP contribution is 2.28. The summed E-state index contributed by atoms with van der Waals surface area (Å²) in [6.07, 6.45) is 0.0235. The van der Waals surface area contributed by atoms with Crippen LogP contribution in [0.2, 0.25) is 0 Å². The van der Waals surface area contributed by atoms with Crippen LogP contribution in [0.5, 0.6) is 0 Å². The van der Waals surface area contributed by atoms with Crippen LogP contribution in [-0.2, 0) is 23.1 Å². The fourth-order valence-corrected chi connectivity index (χ4v) is 2.57.